The van der Waals surface area contributed by atoms with Crippen LogP contribution in [0.4, 0.5) is 0 Å². The minimum atomic E-state index is -0.386. The van der Waals surface area contributed by atoms with Gasteiger partial charge in [0.05, 0.1) is 19.2 Å². The molecule has 1 aliphatic rings. The Labute approximate surface area is 125 Å². The number of aliphatic hydroxyl groups is 1. The van der Waals surface area contributed by atoms with Crippen LogP contribution in [0.3, 0.4) is 0 Å². The summed E-state index contributed by atoms with van der Waals surface area (Å²) in [6.07, 6.45) is 10.7. The van der Waals surface area contributed by atoms with E-state index in [-0.39, 0.29) is 6.10 Å². The predicted octanol–water partition coefficient (Wildman–Crippen LogP) is 0.995. The molecule has 1 aliphatic heterocycles. The quantitative estimate of drug-likeness (QED) is 0.862. The molecule has 2 aromatic rings. The molecule has 2 atom stereocenters. The van der Waals surface area contributed by atoms with E-state index in [2.05, 4.69) is 15.1 Å². The zero-order chi connectivity index (χ0) is 14.5. The molecular weight excluding hydrogens is 266 g/mol. The lowest BCUT2D eigenvalue weighted by atomic mass is 10.0. The summed E-state index contributed by atoms with van der Waals surface area (Å²) in [5, 5.41) is 18.7. The number of hydrogen-bond acceptors (Lipinski definition) is 4. The molecule has 3 heterocycles. The van der Waals surface area contributed by atoms with Gasteiger partial charge in [0.25, 0.3) is 0 Å². The number of hydrogen-bond donors (Lipinski definition) is 1. The zero-order valence-corrected chi connectivity index (χ0v) is 12.3. The topological polar surface area (TPSA) is 59.1 Å². The van der Waals surface area contributed by atoms with E-state index in [9.17, 15) is 5.11 Å². The molecule has 114 valence electrons. The van der Waals surface area contributed by atoms with Crippen molar-refractivity contribution in [3.63, 3.8) is 0 Å². The van der Waals surface area contributed by atoms with E-state index in [1.54, 1.807) is 10.9 Å². The molecule has 0 radical (unpaired) electrons. The number of aromatic nitrogens is 4. The Balaban J connectivity index is 1.56. The lowest BCUT2D eigenvalue weighted by molar-refractivity contribution is 0.0496. The van der Waals surface area contributed by atoms with Gasteiger partial charge in [0.15, 0.2) is 0 Å². The minimum absolute atomic E-state index is 0.386. The van der Waals surface area contributed by atoms with Crippen LogP contribution in [0.5, 0.6) is 0 Å². The van der Waals surface area contributed by atoms with Gasteiger partial charge in [0, 0.05) is 37.4 Å². The molecule has 0 saturated carbocycles. The summed E-state index contributed by atoms with van der Waals surface area (Å²) in [5.74, 6) is 0. The number of piperidine rings is 1. The van der Waals surface area contributed by atoms with Crippen LogP contribution in [0.25, 0.3) is 0 Å². The van der Waals surface area contributed by atoms with Crippen molar-refractivity contribution in [3.05, 3.63) is 36.9 Å². The highest BCUT2D eigenvalue weighted by molar-refractivity contribution is 4.84. The fraction of sp³-hybridized carbons (Fsp3) is 0.600. The Morgan fingerprint density at radius 1 is 1.05 bits per heavy atom. The fourth-order valence-electron chi connectivity index (χ4n) is 3.08. The number of aliphatic hydroxyl groups excluding tert-OH is 1. The average molecular weight is 289 g/mol. The maximum atomic E-state index is 10.3. The van der Waals surface area contributed by atoms with Crippen molar-refractivity contribution in [2.75, 3.05) is 13.1 Å². The van der Waals surface area contributed by atoms with Crippen LogP contribution in [-0.2, 0) is 13.1 Å². The van der Waals surface area contributed by atoms with E-state index in [0.29, 0.717) is 19.1 Å². The number of nitrogens with zero attached hydrogens (tertiary/aromatic N) is 5. The Bertz CT molecular complexity index is 510. The molecular formula is C15H23N5O. The molecule has 6 heteroatoms. The third-order valence-electron chi connectivity index (χ3n) is 4.11. The minimum Gasteiger partial charge on any atom is -0.390 e. The van der Waals surface area contributed by atoms with Gasteiger partial charge in [-0.3, -0.25) is 14.3 Å². The van der Waals surface area contributed by atoms with Gasteiger partial charge in [0.2, 0.25) is 0 Å². The second kappa shape index (κ2) is 6.87. The summed E-state index contributed by atoms with van der Waals surface area (Å²) >= 11 is 0. The predicted molar refractivity (Wildman–Crippen MR) is 79.7 cm³/mol. The van der Waals surface area contributed by atoms with Crippen molar-refractivity contribution in [1.29, 1.82) is 0 Å². The summed E-state index contributed by atoms with van der Waals surface area (Å²) in [6, 6.07) is 4.30. The molecule has 1 fully saturated rings. The molecule has 0 aromatic carbocycles. The van der Waals surface area contributed by atoms with Crippen LogP contribution in [0.1, 0.15) is 19.3 Å². The average Bonchev–Trinajstić information content (AvgIpc) is 3.14. The SMILES string of the molecule is O[C@@H](CN1CCCC[C@@H]1Cn1cccn1)Cn1cccn1. The van der Waals surface area contributed by atoms with Crippen molar-refractivity contribution < 1.29 is 5.11 Å². The molecule has 0 unspecified atom stereocenters. The van der Waals surface area contributed by atoms with Crippen LogP contribution in [0.15, 0.2) is 36.9 Å². The first kappa shape index (κ1) is 14.3. The Morgan fingerprint density at radius 2 is 1.81 bits per heavy atom. The second-order valence-electron chi connectivity index (χ2n) is 5.75. The second-order valence-corrected chi connectivity index (χ2v) is 5.75. The molecule has 0 bridgehead atoms. The van der Waals surface area contributed by atoms with Gasteiger partial charge >= 0.3 is 0 Å². The molecule has 1 N–H and O–H groups in total. The van der Waals surface area contributed by atoms with Crippen LogP contribution in [0, 0.1) is 0 Å². The van der Waals surface area contributed by atoms with Crippen LogP contribution < -0.4 is 0 Å². The molecule has 1 saturated heterocycles. The van der Waals surface area contributed by atoms with Crippen molar-refractivity contribution >= 4 is 0 Å². The number of likely N-dealkylation sites (tertiary alicyclic amines) is 1. The first-order chi connectivity index (χ1) is 10.3. The summed E-state index contributed by atoms with van der Waals surface area (Å²) in [4.78, 5) is 2.40. The Hall–Kier alpha value is -1.66. The summed E-state index contributed by atoms with van der Waals surface area (Å²) in [5.41, 5.74) is 0. The van der Waals surface area contributed by atoms with Crippen LogP contribution in [-0.4, -0.2) is 54.8 Å². The maximum Gasteiger partial charge on any atom is 0.0862 e. The van der Waals surface area contributed by atoms with Crippen molar-refractivity contribution in [1.82, 2.24) is 24.5 Å². The van der Waals surface area contributed by atoms with E-state index in [0.717, 1.165) is 13.1 Å². The molecule has 0 spiro atoms. The zero-order valence-electron chi connectivity index (χ0n) is 12.3. The van der Waals surface area contributed by atoms with Gasteiger partial charge in [-0.1, -0.05) is 6.42 Å². The van der Waals surface area contributed by atoms with Crippen molar-refractivity contribution in [3.8, 4) is 0 Å². The highest BCUT2D eigenvalue weighted by Crippen LogP contribution is 2.18. The highest BCUT2D eigenvalue weighted by Gasteiger charge is 2.24. The molecule has 6 nitrogen and oxygen atoms in total. The normalized spacial score (nSPS) is 21.5. The van der Waals surface area contributed by atoms with Crippen LogP contribution >= 0.6 is 0 Å². The number of rotatable bonds is 6. The van der Waals surface area contributed by atoms with Gasteiger partial charge in [-0.2, -0.15) is 10.2 Å². The molecule has 2 aromatic heterocycles. The van der Waals surface area contributed by atoms with Gasteiger partial charge in [-0.15, -0.1) is 0 Å². The molecule has 0 amide bonds. The lowest BCUT2D eigenvalue weighted by Gasteiger charge is -2.36. The third kappa shape index (κ3) is 3.92. The van der Waals surface area contributed by atoms with Crippen molar-refractivity contribution in [2.24, 2.45) is 0 Å². The van der Waals surface area contributed by atoms with E-state index in [1.807, 2.05) is 35.4 Å². The third-order valence-corrected chi connectivity index (χ3v) is 4.11. The first-order valence-corrected chi connectivity index (χ1v) is 7.68. The van der Waals surface area contributed by atoms with E-state index in [4.69, 9.17) is 0 Å². The summed E-state index contributed by atoms with van der Waals surface area (Å²) in [7, 11) is 0. The lowest BCUT2D eigenvalue weighted by Crippen LogP contribution is -2.46. The number of β-amino-alcohol motifs (C(OH)–C–C–N with tert-alkyl or cyclic N) is 1. The molecule has 21 heavy (non-hydrogen) atoms. The standard InChI is InChI=1S/C15H23N5O/c21-15(13-20-10-4-7-17-20)12-18-8-2-1-5-14(18)11-19-9-3-6-16-19/h3-4,6-7,9-10,14-15,21H,1-2,5,8,11-13H2/t14-,15+/m1/s1. The monoisotopic (exact) mass is 289 g/mol. The van der Waals surface area contributed by atoms with E-state index < -0.39 is 0 Å². The van der Waals surface area contributed by atoms with Gasteiger partial charge in [-0.25, -0.2) is 0 Å². The maximum absolute atomic E-state index is 10.3. The Kier molecular flexibility index (Phi) is 4.67. The first-order valence-electron chi connectivity index (χ1n) is 7.68. The highest BCUT2D eigenvalue weighted by atomic mass is 16.3. The Morgan fingerprint density at radius 3 is 2.52 bits per heavy atom. The van der Waals surface area contributed by atoms with Gasteiger partial charge in [0.1, 0.15) is 0 Å². The largest absolute Gasteiger partial charge is 0.390 e. The summed E-state index contributed by atoms with van der Waals surface area (Å²) in [6.45, 7) is 3.22. The summed E-state index contributed by atoms with van der Waals surface area (Å²) < 4.78 is 3.78. The molecule has 3 rings (SSSR count). The van der Waals surface area contributed by atoms with Gasteiger partial charge < -0.3 is 5.11 Å². The van der Waals surface area contributed by atoms with E-state index >= 15 is 0 Å². The molecule has 0 aliphatic carbocycles. The van der Waals surface area contributed by atoms with Crippen LogP contribution in [0.2, 0.25) is 0 Å². The fourth-order valence-corrected chi connectivity index (χ4v) is 3.08. The smallest absolute Gasteiger partial charge is 0.0862 e. The van der Waals surface area contributed by atoms with E-state index in [1.165, 1.54) is 19.3 Å². The van der Waals surface area contributed by atoms with Gasteiger partial charge in [-0.05, 0) is 31.5 Å². The van der Waals surface area contributed by atoms with Crippen molar-refractivity contribution in [2.45, 2.75) is 44.5 Å².